The minimum absolute atomic E-state index is 0.583. The summed E-state index contributed by atoms with van der Waals surface area (Å²) in [5, 5.41) is 7.92. The molecule has 7 heteroatoms. The lowest BCUT2D eigenvalue weighted by Crippen LogP contribution is -2.15. The first-order valence-corrected chi connectivity index (χ1v) is 9.92. The largest absolute Gasteiger partial charge is 0.486 e. The van der Waals surface area contributed by atoms with Crippen LogP contribution < -0.4 is 9.47 Å². The molecule has 0 bridgehead atoms. The van der Waals surface area contributed by atoms with E-state index in [0.717, 1.165) is 38.7 Å². The van der Waals surface area contributed by atoms with Gasteiger partial charge in [-0.15, -0.1) is 5.10 Å². The zero-order chi connectivity index (χ0) is 17.8. The van der Waals surface area contributed by atoms with E-state index in [2.05, 4.69) is 31.1 Å². The summed E-state index contributed by atoms with van der Waals surface area (Å²) in [6.07, 6.45) is 3.93. The Bertz CT molecular complexity index is 928. The lowest BCUT2D eigenvalue weighted by atomic mass is 10.2. The molecule has 5 nitrogen and oxygen atoms in total. The van der Waals surface area contributed by atoms with Crippen LogP contribution in [0.2, 0.25) is 0 Å². The summed E-state index contributed by atoms with van der Waals surface area (Å²) in [5.41, 5.74) is 2.24. The number of halogens is 1. The van der Waals surface area contributed by atoms with Crippen LogP contribution in [0.3, 0.4) is 0 Å². The molecule has 26 heavy (non-hydrogen) atoms. The minimum Gasteiger partial charge on any atom is -0.486 e. The molecule has 3 aromatic rings. The van der Waals surface area contributed by atoms with Crippen LogP contribution >= 0.6 is 27.7 Å². The zero-order valence-electron chi connectivity index (χ0n) is 13.8. The van der Waals surface area contributed by atoms with Gasteiger partial charge in [0.25, 0.3) is 0 Å². The Balaban J connectivity index is 1.41. The summed E-state index contributed by atoms with van der Waals surface area (Å²) in [7, 11) is 0. The van der Waals surface area contributed by atoms with Crippen LogP contribution in [-0.4, -0.2) is 28.4 Å². The molecule has 1 N–H and O–H groups in total. The Kier molecular flexibility index (Phi) is 5.26. The highest BCUT2D eigenvalue weighted by molar-refractivity contribution is 9.10. The van der Waals surface area contributed by atoms with E-state index in [1.165, 1.54) is 0 Å². The highest BCUT2D eigenvalue weighted by atomic mass is 79.9. The van der Waals surface area contributed by atoms with Crippen LogP contribution in [0.15, 0.2) is 52.1 Å². The van der Waals surface area contributed by atoms with Gasteiger partial charge in [-0.25, -0.2) is 4.98 Å². The number of benzene rings is 2. The second-order valence-electron chi connectivity index (χ2n) is 5.62. The van der Waals surface area contributed by atoms with Gasteiger partial charge >= 0.3 is 0 Å². The Morgan fingerprint density at radius 1 is 1.08 bits per heavy atom. The van der Waals surface area contributed by atoms with Gasteiger partial charge in [-0.3, -0.25) is 5.10 Å². The highest BCUT2D eigenvalue weighted by Gasteiger charge is 2.15. The normalized spacial score (nSPS) is 13.3. The van der Waals surface area contributed by atoms with Crippen LogP contribution in [0.1, 0.15) is 17.0 Å². The van der Waals surface area contributed by atoms with E-state index < -0.39 is 0 Å². The summed E-state index contributed by atoms with van der Waals surface area (Å²) in [6.45, 7) is 1.17. The number of hydrogen-bond donors (Lipinski definition) is 1. The second-order valence-corrected chi connectivity index (χ2v) is 7.42. The molecule has 0 fully saturated rings. The Morgan fingerprint density at radius 2 is 1.85 bits per heavy atom. The van der Waals surface area contributed by atoms with Crippen LogP contribution in [0.25, 0.3) is 12.2 Å². The lowest BCUT2D eigenvalue weighted by molar-refractivity contribution is 0.171. The standard InChI is InChI=1S/C19H16BrN3O2S/c20-15-11-17-16(24-8-9-25-17)10-14(15)12-26-19-21-18(22-23-19)7-6-13-4-2-1-3-5-13/h1-7,10-11H,8-9,12H2,(H,21,22,23)/b7-6+. The molecule has 0 radical (unpaired) electrons. The third-order valence-electron chi connectivity index (χ3n) is 3.78. The van der Waals surface area contributed by atoms with Crippen molar-refractivity contribution in [3.8, 4) is 11.5 Å². The first-order chi connectivity index (χ1) is 12.8. The van der Waals surface area contributed by atoms with Crippen molar-refractivity contribution in [3.05, 3.63) is 63.9 Å². The van der Waals surface area contributed by atoms with E-state index in [1.54, 1.807) is 11.8 Å². The fourth-order valence-electron chi connectivity index (χ4n) is 2.50. The number of aromatic amines is 1. The van der Waals surface area contributed by atoms with Gasteiger partial charge in [0.15, 0.2) is 11.5 Å². The molecular weight excluding hydrogens is 414 g/mol. The summed E-state index contributed by atoms with van der Waals surface area (Å²) in [6, 6.07) is 14.1. The quantitative estimate of drug-likeness (QED) is 0.590. The minimum atomic E-state index is 0.583. The smallest absolute Gasteiger partial charge is 0.209 e. The average Bonchev–Trinajstić information content (AvgIpc) is 3.13. The van der Waals surface area contributed by atoms with Crippen molar-refractivity contribution >= 4 is 39.8 Å². The molecule has 132 valence electrons. The van der Waals surface area contributed by atoms with Crippen molar-refractivity contribution in [3.63, 3.8) is 0 Å². The van der Waals surface area contributed by atoms with Gasteiger partial charge in [0, 0.05) is 10.2 Å². The number of fused-ring (bicyclic) bond motifs is 1. The second kappa shape index (κ2) is 7.97. The molecule has 0 spiro atoms. The van der Waals surface area contributed by atoms with E-state index in [9.17, 15) is 0 Å². The molecule has 0 unspecified atom stereocenters. The Labute approximate surface area is 164 Å². The van der Waals surface area contributed by atoms with Gasteiger partial charge in [-0.1, -0.05) is 64.1 Å². The summed E-state index contributed by atoms with van der Waals surface area (Å²) in [4.78, 5) is 4.50. The fourth-order valence-corrected chi connectivity index (χ4v) is 3.94. The first kappa shape index (κ1) is 17.2. The van der Waals surface area contributed by atoms with Crippen molar-refractivity contribution in [2.45, 2.75) is 10.9 Å². The number of aromatic nitrogens is 3. The number of rotatable bonds is 5. The number of ether oxygens (including phenoxy) is 2. The molecule has 0 saturated heterocycles. The third-order valence-corrected chi connectivity index (χ3v) is 5.42. The maximum Gasteiger partial charge on any atom is 0.209 e. The summed E-state index contributed by atoms with van der Waals surface area (Å²) in [5.74, 6) is 3.04. The Morgan fingerprint density at radius 3 is 2.65 bits per heavy atom. The van der Waals surface area contributed by atoms with Gasteiger partial charge in [0.1, 0.15) is 19.0 Å². The fraction of sp³-hybridized carbons (Fsp3) is 0.158. The number of hydrogen-bond acceptors (Lipinski definition) is 5. The highest BCUT2D eigenvalue weighted by Crippen LogP contribution is 2.37. The van der Waals surface area contributed by atoms with E-state index in [4.69, 9.17) is 9.47 Å². The molecule has 0 aliphatic carbocycles. The maximum absolute atomic E-state index is 5.65. The van der Waals surface area contributed by atoms with Crippen molar-refractivity contribution < 1.29 is 9.47 Å². The molecule has 2 aromatic carbocycles. The van der Waals surface area contributed by atoms with Gasteiger partial charge < -0.3 is 9.47 Å². The topological polar surface area (TPSA) is 60.0 Å². The summed E-state index contributed by atoms with van der Waals surface area (Å²) < 4.78 is 12.2. The van der Waals surface area contributed by atoms with Crippen LogP contribution in [0.5, 0.6) is 11.5 Å². The average molecular weight is 430 g/mol. The summed E-state index contributed by atoms with van der Waals surface area (Å²) >= 11 is 5.16. The Hall–Kier alpha value is -2.25. The molecule has 1 aliphatic heterocycles. The molecule has 4 rings (SSSR count). The SMILES string of the molecule is Brc1cc2c(cc1CSc1n[nH]c(/C=C/c3ccccc3)n1)OCCO2. The first-order valence-electron chi connectivity index (χ1n) is 8.14. The van der Waals surface area contributed by atoms with E-state index in [-0.39, 0.29) is 0 Å². The number of nitrogens with one attached hydrogen (secondary N) is 1. The molecule has 2 heterocycles. The predicted molar refractivity (Wildman–Crippen MR) is 106 cm³/mol. The number of nitrogens with zero attached hydrogens (tertiary/aromatic N) is 2. The van der Waals surface area contributed by atoms with E-state index in [0.29, 0.717) is 18.4 Å². The zero-order valence-corrected chi connectivity index (χ0v) is 16.2. The van der Waals surface area contributed by atoms with Crippen molar-refractivity contribution in [2.75, 3.05) is 13.2 Å². The van der Waals surface area contributed by atoms with Crippen molar-refractivity contribution in [2.24, 2.45) is 0 Å². The number of H-pyrrole nitrogens is 1. The van der Waals surface area contributed by atoms with Crippen LogP contribution in [-0.2, 0) is 5.75 Å². The molecule has 0 atom stereocenters. The van der Waals surface area contributed by atoms with Gasteiger partial charge in [0.05, 0.1) is 0 Å². The predicted octanol–water partition coefficient (Wildman–Crippen LogP) is 4.80. The van der Waals surface area contributed by atoms with Gasteiger partial charge in [0.2, 0.25) is 5.16 Å². The molecule has 0 saturated carbocycles. The lowest BCUT2D eigenvalue weighted by Gasteiger charge is -2.19. The molecular formula is C19H16BrN3O2S. The number of thioether (sulfide) groups is 1. The van der Waals surface area contributed by atoms with Crippen molar-refractivity contribution in [1.29, 1.82) is 0 Å². The van der Waals surface area contributed by atoms with E-state index >= 15 is 0 Å². The van der Waals surface area contributed by atoms with Gasteiger partial charge in [-0.2, -0.15) is 0 Å². The van der Waals surface area contributed by atoms with Crippen molar-refractivity contribution in [1.82, 2.24) is 15.2 Å². The molecule has 1 aliphatic rings. The molecule has 1 aromatic heterocycles. The van der Waals surface area contributed by atoms with Gasteiger partial charge in [-0.05, 0) is 29.3 Å². The third kappa shape index (κ3) is 4.11. The molecule has 0 amide bonds. The maximum atomic E-state index is 5.65. The van der Waals surface area contributed by atoms with E-state index in [1.807, 2.05) is 54.6 Å². The van der Waals surface area contributed by atoms with Crippen LogP contribution in [0.4, 0.5) is 0 Å². The monoisotopic (exact) mass is 429 g/mol. The van der Waals surface area contributed by atoms with Crippen LogP contribution in [0, 0.1) is 0 Å².